The van der Waals surface area contributed by atoms with Gasteiger partial charge in [0.2, 0.25) is 0 Å². The molecule has 100 valence electrons. The molecule has 1 aliphatic rings. The average Bonchev–Trinajstić information content (AvgIpc) is 2.27. The fourth-order valence-corrected chi connectivity index (χ4v) is 3.06. The molecule has 0 amide bonds. The fourth-order valence-electron chi connectivity index (χ4n) is 3.06. The minimum Gasteiger partial charge on any atom is -0.327 e. The topological polar surface area (TPSA) is 26.0 Å². The maximum atomic E-state index is 6.32. The SMILES string of the molecule is C=C(CC)CC(N)C1CCC(C(C)(C)C)CC1. The molecule has 0 heterocycles. The van der Waals surface area contributed by atoms with Gasteiger partial charge in [0.05, 0.1) is 0 Å². The van der Waals surface area contributed by atoms with Gasteiger partial charge in [-0.05, 0) is 55.8 Å². The average molecular weight is 237 g/mol. The van der Waals surface area contributed by atoms with Crippen molar-refractivity contribution < 1.29 is 0 Å². The van der Waals surface area contributed by atoms with Crippen LogP contribution in [0.1, 0.15) is 66.2 Å². The van der Waals surface area contributed by atoms with Gasteiger partial charge < -0.3 is 5.73 Å². The van der Waals surface area contributed by atoms with E-state index in [1.807, 2.05) is 0 Å². The summed E-state index contributed by atoms with van der Waals surface area (Å²) in [5.74, 6) is 1.62. The van der Waals surface area contributed by atoms with Crippen molar-refractivity contribution in [2.45, 2.75) is 72.3 Å². The van der Waals surface area contributed by atoms with Gasteiger partial charge in [0, 0.05) is 6.04 Å². The van der Waals surface area contributed by atoms with Gasteiger partial charge in [-0.3, -0.25) is 0 Å². The number of hydrogen-bond acceptors (Lipinski definition) is 1. The summed E-state index contributed by atoms with van der Waals surface area (Å²) >= 11 is 0. The third-order valence-corrected chi connectivity index (χ3v) is 4.63. The van der Waals surface area contributed by atoms with Crippen molar-refractivity contribution in [1.82, 2.24) is 0 Å². The monoisotopic (exact) mass is 237 g/mol. The van der Waals surface area contributed by atoms with Gasteiger partial charge in [-0.25, -0.2) is 0 Å². The highest BCUT2D eigenvalue weighted by Gasteiger charge is 2.31. The Labute approximate surface area is 108 Å². The number of rotatable bonds is 4. The van der Waals surface area contributed by atoms with Crippen LogP contribution in [0.2, 0.25) is 0 Å². The lowest BCUT2D eigenvalue weighted by molar-refractivity contribution is 0.139. The van der Waals surface area contributed by atoms with E-state index < -0.39 is 0 Å². The van der Waals surface area contributed by atoms with Crippen molar-refractivity contribution in [3.63, 3.8) is 0 Å². The summed E-state index contributed by atoms with van der Waals surface area (Å²) in [4.78, 5) is 0. The molecule has 1 aliphatic carbocycles. The number of hydrogen-bond donors (Lipinski definition) is 1. The smallest absolute Gasteiger partial charge is 0.0104 e. The molecule has 0 bridgehead atoms. The molecule has 0 radical (unpaired) electrons. The van der Waals surface area contributed by atoms with E-state index in [-0.39, 0.29) is 0 Å². The Morgan fingerprint density at radius 1 is 1.24 bits per heavy atom. The first-order valence-corrected chi connectivity index (χ1v) is 7.26. The van der Waals surface area contributed by atoms with E-state index in [1.54, 1.807) is 0 Å². The molecule has 1 rings (SSSR count). The Hall–Kier alpha value is -0.300. The lowest BCUT2D eigenvalue weighted by Crippen LogP contribution is -2.35. The molecule has 1 heteroatoms. The summed E-state index contributed by atoms with van der Waals surface area (Å²) in [6.45, 7) is 13.4. The third kappa shape index (κ3) is 4.46. The van der Waals surface area contributed by atoms with E-state index in [1.165, 1.54) is 31.3 Å². The van der Waals surface area contributed by atoms with Crippen LogP contribution in [-0.2, 0) is 0 Å². The third-order valence-electron chi connectivity index (χ3n) is 4.63. The van der Waals surface area contributed by atoms with E-state index in [9.17, 15) is 0 Å². The molecule has 0 aromatic heterocycles. The van der Waals surface area contributed by atoms with Gasteiger partial charge in [0.25, 0.3) is 0 Å². The lowest BCUT2D eigenvalue weighted by Gasteiger charge is -2.38. The first-order chi connectivity index (χ1) is 7.84. The van der Waals surface area contributed by atoms with E-state index in [4.69, 9.17) is 5.73 Å². The molecular weight excluding hydrogens is 206 g/mol. The molecule has 1 fully saturated rings. The standard InChI is InChI=1S/C16H31N/c1-6-12(2)11-15(17)13-7-9-14(10-8-13)16(3,4)5/h13-15H,2,6-11,17H2,1,3-5H3. The maximum Gasteiger partial charge on any atom is 0.0104 e. The van der Waals surface area contributed by atoms with Crippen LogP contribution in [0.5, 0.6) is 0 Å². The molecule has 0 aliphatic heterocycles. The van der Waals surface area contributed by atoms with Crippen LogP contribution in [0, 0.1) is 17.3 Å². The summed E-state index contributed by atoms with van der Waals surface area (Å²) in [6, 6.07) is 0.350. The Bertz CT molecular complexity index is 241. The van der Waals surface area contributed by atoms with E-state index in [0.717, 1.165) is 24.7 Å². The van der Waals surface area contributed by atoms with Crippen LogP contribution in [-0.4, -0.2) is 6.04 Å². The van der Waals surface area contributed by atoms with Gasteiger partial charge in [-0.1, -0.05) is 39.8 Å². The zero-order valence-electron chi connectivity index (χ0n) is 12.3. The maximum absolute atomic E-state index is 6.32. The van der Waals surface area contributed by atoms with Crippen LogP contribution < -0.4 is 5.73 Å². The van der Waals surface area contributed by atoms with E-state index >= 15 is 0 Å². The van der Waals surface area contributed by atoms with E-state index in [0.29, 0.717) is 11.5 Å². The molecule has 0 aromatic carbocycles. The van der Waals surface area contributed by atoms with Crippen LogP contribution in [0.3, 0.4) is 0 Å². The Morgan fingerprint density at radius 3 is 2.18 bits per heavy atom. The predicted molar refractivity (Wildman–Crippen MR) is 76.9 cm³/mol. The van der Waals surface area contributed by atoms with Crippen molar-refractivity contribution >= 4 is 0 Å². The largest absolute Gasteiger partial charge is 0.327 e. The van der Waals surface area contributed by atoms with E-state index in [2.05, 4.69) is 34.3 Å². The zero-order valence-corrected chi connectivity index (χ0v) is 12.3. The molecule has 17 heavy (non-hydrogen) atoms. The Balaban J connectivity index is 2.39. The lowest BCUT2D eigenvalue weighted by atomic mass is 9.68. The summed E-state index contributed by atoms with van der Waals surface area (Å²) in [5.41, 5.74) is 8.11. The van der Waals surface area contributed by atoms with Gasteiger partial charge in [0.1, 0.15) is 0 Å². The molecule has 2 N–H and O–H groups in total. The normalized spacial score (nSPS) is 27.8. The van der Waals surface area contributed by atoms with Crippen LogP contribution in [0.4, 0.5) is 0 Å². The molecule has 0 saturated heterocycles. The molecule has 1 unspecified atom stereocenters. The minimum atomic E-state index is 0.350. The molecule has 1 atom stereocenters. The van der Waals surface area contributed by atoms with Crippen molar-refractivity contribution in [3.8, 4) is 0 Å². The first-order valence-electron chi connectivity index (χ1n) is 7.26. The molecule has 1 nitrogen and oxygen atoms in total. The molecular formula is C16H31N. The highest BCUT2D eigenvalue weighted by molar-refractivity contribution is 4.98. The van der Waals surface area contributed by atoms with Crippen LogP contribution in [0.15, 0.2) is 12.2 Å². The summed E-state index contributed by atoms with van der Waals surface area (Å²) < 4.78 is 0. The predicted octanol–water partition coefficient (Wildman–Crippen LogP) is 4.52. The highest BCUT2D eigenvalue weighted by atomic mass is 14.7. The van der Waals surface area contributed by atoms with Crippen molar-refractivity contribution in [2.75, 3.05) is 0 Å². The summed E-state index contributed by atoms with van der Waals surface area (Å²) in [7, 11) is 0. The Kier molecular flexibility index (Phi) is 5.24. The molecule has 0 aromatic rings. The van der Waals surface area contributed by atoms with Crippen LogP contribution >= 0.6 is 0 Å². The van der Waals surface area contributed by atoms with Crippen LogP contribution in [0.25, 0.3) is 0 Å². The highest BCUT2D eigenvalue weighted by Crippen LogP contribution is 2.40. The van der Waals surface area contributed by atoms with Crippen molar-refractivity contribution in [2.24, 2.45) is 23.0 Å². The first kappa shape index (κ1) is 14.8. The minimum absolute atomic E-state index is 0.350. The zero-order chi connectivity index (χ0) is 13.1. The fraction of sp³-hybridized carbons (Fsp3) is 0.875. The Morgan fingerprint density at radius 2 is 1.76 bits per heavy atom. The second kappa shape index (κ2) is 6.04. The second-order valence-corrected chi connectivity index (χ2v) is 6.95. The molecule has 0 spiro atoms. The summed E-state index contributed by atoms with van der Waals surface area (Å²) in [6.07, 6.45) is 7.47. The molecule has 1 saturated carbocycles. The second-order valence-electron chi connectivity index (χ2n) is 6.95. The number of nitrogens with two attached hydrogens (primary N) is 1. The van der Waals surface area contributed by atoms with Gasteiger partial charge in [0.15, 0.2) is 0 Å². The summed E-state index contributed by atoms with van der Waals surface area (Å²) in [5, 5.41) is 0. The van der Waals surface area contributed by atoms with Crippen molar-refractivity contribution in [1.29, 1.82) is 0 Å². The van der Waals surface area contributed by atoms with Crippen molar-refractivity contribution in [3.05, 3.63) is 12.2 Å². The van der Waals surface area contributed by atoms with Gasteiger partial charge >= 0.3 is 0 Å². The van der Waals surface area contributed by atoms with Gasteiger partial charge in [-0.15, -0.1) is 0 Å². The quantitative estimate of drug-likeness (QED) is 0.715. The van der Waals surface area contributed by atoms with Gasteiger partial charge in [-0.2, -0.15) is 0 Å².